The SMILES string of the molecule is COc1cc(C=C2O[C@@H](C)CN([C@@H](C)c3cc(F)c(F)c(F)c3)C2=O)ccc1-n1cnc(C)c1. The first-order valence-corrected chi connectivity index (χ1v) is 10.7. The molecule has 0 unspecified atom stereocenters. The molecule has 34 heavy (non-hydrogen) atoms. The van der Waals surface area contributed by atoms with Crippen LogP contribution in [0.25, 0.3) is 11.8 Å². The molecule has 0 bridgehead atoms. The van der Waals surface area contributed by atoms with Crippen LogP contribution in [-0.2, 0) is 9.53 Å². The van der Waals surface area contributed by atoms with E-state index in [9.17, 15) is 18.0 Å². The van der Waals surface area contributed by atoms with Crippen LogP contribution in [0.4, 0.5) is 13.2 Å². The van der Waals surface area contributed by atoms with Gasteiger partial charge in [-0.1, -0.05) is 6.07 Å². The maximum Gasteiger partial charge on any atom is 0.289 e. The van der Waals surface area contributed by atoms with E-state index < -0.39 is 29.4 Å². The third-order valence-corrected chi connectivity index (χ3v) is 5.70. The minimum atomic E-state index is -1.54. The van der Waals surface area contributed by atoms with Gasteiger partial charge < -0.3 is 18.9 Å². The molecule has 178 valence electrons. The lowest BCUT2D eigenvalue weighted by Crippen LogP contribution is -2.45. The van der Waals surface area contributed by atoms with Crippen molar-refractivity contribution in [2.75, 3.05) is 13.7 Å². The molecule has 2 atom stereocenters. The van der Waals surface area contributed by atoms with Crippen molar-refractivity contribution in [1.29, 1.82) is 0 Å². The number of ether oxygens (including phenoxy) is 2. The lowest BCUT2D eigenvalue weighted by molar-refractivity contribution is -0.141. The number of imidazole rings is 1. The first-order chi connectivity index (χ1) is 16.2. The number of carbonyl (C=O) groups is 1. The van der Waals surface area contributed by atoms with Gasteiger partial charge in [0.1, 0.15) is 11.9 Å². The van der Waals surface area contributed by atoms with Crippen LogP contribution in [0.3, 0.4) is 0 Å². The monoisotopic (exact) mass is 471 g/mol. The average Bonchev–Trinajstić information content (AvgIpc) is 3.24. The van der Waals surface area contributed by atoms with Crippen molar-refractivity contribution in [2.45, 2.75) is 32.9 Å². The minimum Gasteiger partial charge on any atom is -0.495 e. The van der Waals surface area contributed by atoms with Crippen LogP contribution in [0.1, 0.15) is 36.7 Å². The van der Waals surface area contributed by atoms with Gasteiger partial charge in [0, 0.05) is 6.20 Å². The molecule has 1 fully saturated rings. The summed E-state index contributed by atoms with van der Waals surface area (Å²) in [6.45, 7) is 5.51. The van der Waals surface area contributed by atoms with E-state index in [-0.39, 0.29) is 24.0 Å². The van der Waals surface area contributed by atoms with E-state index in [0.29, 0.717) is 11.3 Å². The zero-order valence-corrected chi connectivity index (χ0v) is 19.2. The number of methoxy groups -OCH3 is 1. The van der Waals surface area contributed by atoms with Crippen molar-refractivity contribution in [3.05, 3.63) is 82.9 Å². The number of carbonyl (C=O) groups excluding carboxylic acids is 1. The Morgan fingerprint density at radius 2 is 1.91 bits per heavy atom. The van der Waals surface area contributed by atoms with Gasteiger partial charge >= 0.3 is 0 Å². The van der Waals surface area contributed by atoms with Crippen molar-refractivity contribution >= 4 is 12.0 Å². The highest BCUT2D eigenvalue weighted by molar-refractivity contribution is 5.96. The lowest BCUT2D eigenvalue weighted by Gasteiger charge is -2.37. The summed E-state index contributed by atoms with van der Waals surface area (Å²) in [5.41, 5.74) is 2.46. The molecule has 1 aliphatic rings. The molecule has 0 radical (unpaired) electrons. The Bertz CT molecular complexity index is 1250. The van der Waals surface area contributed by atoms with Gasteiger partial charge in [0.25, 0.3) is 5.91 Å². The first-order valence-electron chi connectivity index (χ1n) is 10.7. The van der Waals surface area contributed by atoms with Crippen LogP contribution in [-0.4, -0.2) is 40.1 Å². The quantitative estimate of drug-likeness (QED) is 0.390. The predicted molar refractivity (Wildman–Crippen MR) is 120 cm³/mol. The molecule has 3 aromatic rings. The fourth-order valence-corrected chi connectivity index (χ4v) is 3.93. The second-order valence-electron chi connectivity index (χ2n) is 8.22. The molecule has 2 aromatic carbocycles. The van der Waals surface area contributed by atoms with E-state index in [0.717, 1.165) is 23.5 Å². The fraction of sp³-hybridized carbons (Fsp3) is 0.280. The molecule has 0 saturated carbocycles. The molecule has 0 spiro atoms. The van der Waals surface area contributed by atoms with Crippen LogP contribution in [0.2, 0.25) is 0 Å². The Labute approximate surface area is 195 Å². The molecule has 1 amide bonds. The highest BCUT2D eigenvalue weighted by atomic mass is 19.2. The maximum absolute atomic E-state index is 13.8. The number of halogens is 3. The zero-order chi connectivity index (χ0) is 24.6. The number of amides is 1. The summed E-state index contributed by atoms with van der Waals surface area (Å²) in [6, 6.07) is 6.53. The van der Waals surface area contributed by atoms with Crippen LogP contribution in [0.15, 0.2) is 48.6 Å². The number of hydrogen-bond donors (Lipinski definition) is 0. The Kier molecular flexibility index (Phi) is 6.37. The van der Waals surface area contributed by atoms with Gasteiger partial charge in [-0.15, -0.1) is 0 Å². The molecule has 6 nitrogen and oxygen atoms in total. The molecule has 1 saturated heterocycles. The molecular formula is C25H24F3N3O3. The van der Waals surface area contributed by atoms with Crippen molar-refractivity contribution < 1.29 is 27.4 Å². The molecular weight excluding hydrogens is 447 g/mol. The largest absolute Gasteiger partial charge is 0.495 e. The molecule has 4 rings (SSSR count). The number of aromatic nitrogens is 2. The topological polar surface area (TPSA) is 56.6 Å². The van der Waals surface area contributed by atoms with Crippen molar-refractivity contribution in [3.63, 3.8) is 0 Å². The number of benzene rings is 2. The Morgan fingerprint density at radius 3 is 2.53 bits per heavy atom. The highest BCUT2D eigenvalue weighted by Crippen LogP contribution is 2.31. The van der Waals surface area contributed by atoms with E-state index in [4.69, 9.17) is 9.47 Å². The zero-order valence-electron chi connectivity index (χ0n) is 19.2. The van der Waals surface area contributed by atoms with Gasteiger partial charge in [0.05, 0.1) is 37.4 Å². The van der Waals surface area contributed by atoms with Crippen molar-refractivity contribution in [1.82, 2.24) is 14.5 Å². The van der Waals surface area contributed by atoms with Crippen LogP contribution in [0.5, 0.6) is 5.75 Å². The second kappa shape index (κ2) is 9.24. The molecule has 1 aromatic heterocycles. The molecule has 1 aliphatic heterocycles. The van der Waals surface area contributed by atoms with E-state index >= 15 is 0 Å². The Morgan fingerprint density at radius 1 is 1.21 bits per heavy atom. The van der Waals surface area contributed by atoms with Gasteiger partial charge in [0.2, 0.25) is 0 Å². The van der Waals surface area contributed by atoms with Gasteiger partial charge in [-0.25, -0.2) is 18.2 Å². The number of nitrogens with zero attached hydrogens (tertiary/aromatic N) is 3. The summed E-state index contributed by atoms with van der Waals surface area (Å²) >= 11 is 0. The van der Waals surface area contributed by atoms with Gasteiger partial charge in [-0.3, -0.25) is 4.79 Å². The van der Waals surface area contributed by atoms with Crippen LogP contribution in [0, 0.1) is 24.4 Å². The van der Waals surface area contributed by atoms with Gasteiger partial charge in [-0.05, 0) is 62.2 Å². The van der Waals surface area contributed by atoms with Crippen molar-refractivity contribution in [3.8, 4) is 11.4 Å². The molecule has 9 heteroatoms. The minimum absolute atomic E-state index is 0.0851. The lowest BCUT2D eigenvalue weighted by atomic mass is 10.0. The number of hydrogen-bond acceptors (Lipinski definition) is 4. The van der Waals surface area contributed by atoms with E-state index in [1.165, 1.54) is 4.90 Å². The van der Waals surface area contributed by atoms with Gasteiger partial charge in [-0.2, -0.15) is 0 Å². The van der Waals surface area contributed by atoms with Gasteiger partial charge in [0.15, 0.2) is 23.2 Å². The summed E-state index contributed by atoms with van der Waals surface area (Å²) in [5.74, 6) is -3.92. The second-order valence-corrected chi connectivity index (χ2v) is 8.22. The Balaban J connectivity index is 1.64. The summed E-state index contributed by atoms with van der Waals surface area (Å²) in [4.78, 5) is 18.9. The summed E-state index contributed by atoms with van der Waals surface area (Å²) in [5, 5.41) is 0. The highest BCUT2D eigenvalue weighted by Gasteiger charge is 2.33. The van der Waals surface area contributed by atoms with E-state index in [2.05, 4.69) is 4.98 Å². The normalized spacial score (nSPS) is 18.2. The standard InChI is InChI=1S/C25H24F3N3O3/c1-14-11-30(13-29-14)21-6-5-17(7-22(21)33-4)8-23-25(32)31(12-15(2)34-23)16(3)18-9-19(26)24(28)20(27)10-18/h5-11,13,15-16H,12H2,1-4H3/t15-,16-/m0/s1. The predicted octanol–water partition coefficient (Wildman–Crippen LogP) is 4.96. The maximum atomic E-state index is 13.8. The molecule has 0 aliphatic carbocycles. The summed E-state index contributed by atoms with van der Waals surface area (Å²) < 4.78 is 54.0. The Hall–Kier alpha value is -3.75. The third-order valence-electron chi connectivity index (χ3n) is 5.70. The summed E-state index contributed by atoms with van der Waals surface area (Å²) in [6.07, 6.45) is 4.78. The third kappa shape index (κ3) is 4.50. The van der Waals surface area contributed by atoms with Crippen LogP contribution < -0.4 is 4.74 Å². The first kappa shape index (κ1) is 23.4. The van der Waals surface area contributed by atoms with E-state index in [1.807, 2.05) is 29.8 Å². The average molecular weight is 471 g/mol. The molecule has 0 N–H and O–H groups in total. The number of morpholine rings is 1. The van der Waals surface area contributed by atoms with E-state index in [1.54, 1.807) is 39.4 Å². The van der Waals surface area contributed by atoms with Crippen LogP contribution >= 0.6 is 0 Å². The summed E-state index contributed by atoms with van der Waals surface area (Å²) in [7, 11) is 1.55. The number of rotatable bonds is 5. The fourth-order valence-electron chi connectivity index (χ4n) is 3.93. The van der Waals surface area contributed by atoms with Crippen molar-refractivity contribution in [2.24, 2.45) is 0 Å². The number of aryl methyl sites for hydroxylation is 1. The molecule has 2 heterocycles. The smallest absolute Gasteiger partial charge is 0.289 e.